The number of carbonyl (C=O) groups excluding carboxylic acids is 1. The number of amidine groups is 1. The number of ether oxygens (including phenoxy) is 1. The molecule has 0 saturated carbocycles. The van der Waals surface area contributed by atoms with E-state index in [2.05, 4.69) is 22.1 Å². The van der Waals surface area contributed by atoms with Gasteiger partial charge in [-0.15, -0.1) is 0 Å². The summed E-state index contributed by atoms with van der Waals surface area (Å²) in [5.74, 6) is -0.289. The van der Waals surface area contributed by atoms with Gasteiger partial charge in [0.25, 0.3) is 5.91 Å². The first-order valence-electron chi connectivity index (χ1n) is 4.44. The first-order chi connectivity index (χ1) is 6.33. The fourth-order valence-electron chi connectivity index (χ4n) is 0.892. The molecular weight excluding hydrogens is 170 g/mol. The highest BCUT2D eigenvalue weighted by atomic mass is 16.5. The van der Waals surface area contributed by atoms with Crippen molar-refractivity contribution in [3.8, 4) is 0 Å². The van der Waals surface area contributed by atoms with E-state index in [1.165, 1.54) is 0 Å². The molecule has 1 heterocycles. The van der Waals surface area contributed by atoms with Crippen LogP contribution in [0.25, 0.3) is 0 Å². The standard InChI is InChI=1S/C8H13N3O2/c1-2-3-4-5-9-11-8-10-7(12)6-13-8/h2-6H2,1H3/b11-9+. The van der Waals surface area contributed by atoms with Gasteiger partial charge in [-0.2, -0.15) is 10.1 Å². The number of hydrogen-bond donors (Lipinski definition) is 0. The molecule has 0 aromatic rings. The van der Waals surface area contributed by atoms with Crippen molar-refractivity contribution in [2.45, 2.75) is 26.2 Å². The van der Waals surface area contributed by atoms with Gasteiger partial charge in [-0.1, -0.05) is 24.9 Å². The van der Waals surface area contributed by atoms with E-state index in [1.807, 2.05) is 0 Å². The van der Waals surface area contributed by atoms with E-state index in [4.69, 9.17) is 4.74 Å². The Labute approximate surface area is 76.9 Å². The second kappa shape index (κ2) is 5.40. The molecule has 1 rings (SSSR count). The number of rotatable bonds is 4. The van der Waals surface area contributed by atoms with Gasteiger partial charge >= 0.3 is 6.02 Å². The lowest BCUT2D eigenvalue weighted by Gasteiger charge is -1.91. The smallest absolute Gasteiger partial charge is 0.339 e. The Morgan fingerprint density at radius 1 is 1.54 bits per heavy atom. The molecule has 0 aromatic carbocycles. The quantitative estimate of drug-likeness (QED) is 0.490. The maximum Gasteiger partial charge on any atom is 0.339 e. The average Bonchev–Trinajstić information content (AvgIpc) is 2.51. The van der Waals surface area contributed by atoms with Gasteiger partial charge in [0.2, 0.25) is 0 Å². The maximum absolute atomic E-state index is 10.6. The lowest BCUT2D eigenvalue weighted by molar-refractivity contribution is -0.118. The van der Waals surface area contributed by atoms with E-state index in [-0.39, 0.29) is 18.5 Å². The third-order valence-electron chi connectivity index (χ3n) is 1.56. The molecule has 1 amide bonds. The van der Waals surface area contributed by atoms with Gasteiger partial charge in [-0.05, 0) is 6.42 Å². The monoisotopic (exact) mass is 183 g/mol. The highest BCUT2D eigenvalue weighted by Crippen LogP contribution is 1.99. The zero-order valence-electron chi connectivity index (χ0n) is 7.69. The van der Waals surface area contributed by atoms with Crippen LogP contribution in [0.5, 0.6) is 0 Å². The lowest BCUT2D eigenvalue weighted by atomic mass is 10.3. The molecule has 0 unspecified atom stereocenters. The minimum atomic E-state index is -0.289. The summed E-state index contributed by atoms with van der Waals surface area (Å²) in [6, 6.07) is 0.0986. The number of azo groups is 1. The minimum absolute atomic E-state index is 0.00329. The van der Waals surface area contributed by atoms with Gasteiger partial charge in [0.05, 0.1) is 6.54 Å². The van der Waals surface area contributed by atoms with Crippen LogP contribution in [0.1, 0.15) is 26.2 Å². The molecule has 0 atom stereocenters. The van der Waals surface area contributed by atoms with Gasteiger partial charge in [-0.3, -0.25) is 4.79 Å². The van der Waals surface area contributed by atoms with Crippen LogP contribution in [0.3, 0.4) is 0 Å². The summed E-state index contributed by atoms with van der Waals surface area (Å²) < 4.78 is 4.81. The Hall–Kier alpha value is -1.26. The fraction of sp³-hybridized carbons (Fsp3) is 0.750. The topological polar surface area (TPSA) is 63.4 Å². The SMILES string of the molecule is CCCCC/N=N/C1=NC(=O)CO1. The molecule has 13 heavy (non-hydrogen) atoms. The zero-order chi connectivity index (χ0) is 9.52. The fourth-order valence-corrected chi connectivity index (χ4v) is 0.892. The summed E-state index contributed by atoms with van der Waals surface area (Å²) in [6.45, 7) is 2.80. The summed E-state index contributed by atoms with van der Waals surface area (Å²) in [5.41, 5.74) is 0. The Morgan fingerprint density at radius 3 is 3.00 bits per heavy atom. The normalized spacial score (nSPS) is 16.4. The molecule has 1 aliphatic heterocycles. The predicted octanol–water partition coefficient (Wildman–Crippen LogP) is 1.54. The lowest BCUT2D eigenvalue weighted by Crippen LogP contribution is -1.95. The Kier molecular flexibility index (Phi) is 4.08. The van der Waals surface area contributed by atoms with Crippen molar-refractivity contribution in [3.05, 3.63) is 0 Å². The molecule has 0 aliphatic carbocycles. The summed E-state index contributed by atoms with van der Waals surface area (Å²) in [7, 11) is 0. The van der Waals surface area contributed by atoms with Crippen molar-refractivity contribution in [1.29, 1.82) is 0 Å². The third kappa shape index (κ3) is 3.78. The number of amides is 1. The van der Waals surface area contributed by atoms with Crippen LogP contribution >= 0.6 is 0 Å². The second-order valence-electron chi connectivity index (χ2n) is 2.75. The van der Waals surface area contributed by atoms with Crippen molar-refractivity contribution < 1.29 is 9.53 Å². The van der Waals surface area contributed by atoms with Crippen LogP contribution in [0.15, 0.2) is 15.2 Å². The molecule has 1 aliphatic rings. The van der Waals surface area contributed by atoms with Gasteiger partial charge in [-0.25, -0.2) is 0 Å². The number of aliphatic imine (C=N–C) groups is 1. The Bertz CT molecular complexity index is 236. The van der Waals surface area contributed by atoms with Crippen molar-refractivity contribution in [3.63, 3.8) is 0 Å². The molecule has 0 bridgehead atoms. The van der Waals surface area contributed by atoms with Gasteiger partial charge in [0.15, 0.2) is 6.61 Å². The zero-order valence-corrected chi connectivity index (χ0v) is 7.69. The molecule has 0 radical (unpaired) electrons. The minimum Gasteiger partial charge on any atom is -0.452 e. The van der Waals surface area contributed by atoms with Gasteiger partial charge in [0, 0.05) is 0 Å². The predicted molar refractivity (Wildman–Crippen MR) is 47.6 cm³/mol. The first kappa shape index (κ1) is 9.83. The molecule has 72 valence electrons. The summed E-state index contributed by atoms with van der Waals surface area (Å²) in [5, 5.41) is 7.52. The number of hydrogen-bond acceptors (Lipinski definition) is 4. The van der Waals surface area contributed by atoms with Crippen LogP contribution in [0, 0.1) is 0 Å². The van der Waals surface area contributed by atoms with Gasteiger partial charge < -0.3 is 4.74 Å². The van der Waals surface area contributed by atoms with Crippen LogP contribution in [0.4, 0.5) is 0 Å². The van der Waals surface area contributed by atoms with E-state index >= 15 is 0 Å². The third-order valence-corrected chi connectivity index (χ3v) is 1.56. The second-order valence-corrected chi connectivity index (χ2v) is 2.75. The summed E-state index contributed by atoms with van der Waals surface area (Å²) in [4.78, 5) is 14.1. The van der Waals surface area contributed by atoms with E-state index in [9.17, 15) is 4.79 Å². The van der Waals surface area contributed by atoms with Gasteiger partial charge in [0.1, 0.15) is 0 Å². The molecule has 0 aromatic heterocycles. The van der Waals surface area contributed by atoms with E-state index in [0.717, 1.165) is 19.3 Å². The maximum atomic E-state index is 10.6. The molecule has 0 N–H and O–H groups in total. The number of carbonyl (C=O) groups is 1. The van der Waals surface area contributed by atoms with E-state index in [1.54, 1.807) is 0 Å². The highest BCUT2D eigenvalue weighted by molar-refractivity contribution is 5.96. The van der Waals surface area contributed by atoms with Crippen LogP contribution in [0.2, 0.25) is 0 Å². The Balaban J connectivity index is 2.17. The molecule has 5 nitrogen and oxygen atoms in total. The van der Waals surface area contributed by atoms with Crippen molar-refractivity contribution in [2.75, 3.05) is 13.2 Å². The summed E-state index contributed by atoms with van der Waals surface area (Å²) in [6.07, 6.45) is 3.32. The van der Waals surface area contributed by atoms with Crippen LogP contribution in [-0.2, 0) is 9.53 Å². The Morgan fingerprint density at radius 2 is 2.38 bits per heavy atom. The molecule has 0 fully saturated rings. The number of unbranched alkanes of at least 4 members (excludes halogenated alkanes) is 2. The highest BCUT2D eigenvalue weighted by Gasteiger charge is 2.13. The molecule has 0 saturated heterocycles. The van der Waals surface area contributed by atoms with E-state index < -0.39 is 0 Å². The van der Waals surface area contributed by atoms with Crippen molar-refractivity contribution in [2.24, 2.45) is 15.2 Å². The molecule has 0 spiro atoms. The number of nitrogens with zero attached hydrogens (tertiary/aromatic N) is 3. The largest absolute Gasteiger partial charge is 0.452 e. The van der Waals surface area contributed by atoms with E-state index in [0.29, 0.717) is 6.54 Å². The molecule has 5 heteroatoms. The van der Waals surface area contributed by atoms with Crippen molar-refractivity contribution in [1.82, 2.24) is 0 Å². The first-order valence-corrected chi connectivity index (χ1v) is 4.44. The van der Waals surface area contributed by atoms with Crippen LogP contribution in [-0.4, -0.2) is 25.1 Å². The average molecular weight is 183 g/mol. The van der Waals surface area contributed by atoms with Crippen LogP contribution < -0.4 is 0 Å². The van der Waals surface area contributed by atoms with Crippen molar-refractivity contribution >= 4 is 11.9 Å². The summed E-state index contributed by atoms with van der Waals surface area (Å²) >= 11 is 0. The molecular formula is C8H13N3O2.